The van der Waals surface area contributed by atoms with Gasteiger partial charge < -0.3 is 25.4 Å². The Balaban J connectivity index is 1.19. The molecule has 3 fully saturated rings. The SMILES string of the molecule is Cc1cn(C2CC(O)C(COP(=O)(OC3CC(n4cnc5c(=O)[nH]c(N)nc54)OC3CO)N3CCCC3)O2)c(=O)[nH]c1=O. The number of ether oxygens (including phenoxy) is 2. The molecular weight excluding hydrogens is 591 g/mol. The highest BCUT2D eigenvalue weighted by molar-refractivity contribution is 7.51. The number of nitrogens with two attached hydrogens (primary N) is 1. The first kappa shape index (κ1) is 29.8. The van der Waals surface area contributed by atoms with E-state index >= 15 is 0 Å². The Morgan fingerprint density at radius 3 is 2.56 bits per heavy atom. The summed E-state index contributed by atoms with van der Waals surface area (Å²) in [5, 5.41) is 20.8. The summed E-state index contributed by atoms with van der Waals surface area (Å²) in [4.78, 5) is 49.1. The molecule has 6 rings (SSSR count). The second kappa shape index (κ2) is 11.7. The molecule has 7 unspecified atom stereocenters. The third kappa shape index (κ3) is 5.72. The number of fused-ring (bicyclic) bond motifs is 1. The third-order valence-electron chi connectivity index (χ3n) is 7.88. The van der Waals surface area contributed by atoms with Gasteiger partial charge in [-0.25, -0.2) is 19.0 Å². The number of nitrogens with zero attached hydrogens (tertiary/aromatic N) is 5. The number of imidazole rings is 1. The van der Waals surface area contributed by atoms with Gasteiger partial charge in [0, 0.05) is 37.7 Å². The first-order valence-electron chi connectivity index (χ1n) is 13.9. The summed E-state index contributed by atoms with van der Waals surface area (Å²) >= 11 is 0. The summed E-state index contributed by atoms with van der Waals surface area (Å²) in [6.07, 6.45) is -1.01. The van der Waals surface area contributed by atoms with Crippen LogP contribution in [0.3, 0.4) is 0 Å². The van der Waals surface area contributed by atoms with E-state index < -0.39 is 68.0 Å². The van der Waals surface area contributed by atoms with Crippen LogP contribution in [0.25, 0.3) is 11.2 Å². The maximum atomic E-state index is 14.3. The highest BCUT2D eigenvalue weighted by Gasteiger charge is 2.46. The third-order valence-corrected chi connectivity index (χ3v) is 9.99. The lowest BCUT2D eigenvalue weighted by Gasteiger charge is -2.31. The zero-order valence-corrected chi connectivity index (χ0v) is 24.1. The minimum atomic E-state index is -4.01. The molecule has 3 saturated heterocycles. The predicted octanol–water partition coefficient (Wildman–Crippen LogP) is -0.906. The van der Waals surface area contributed by atoms with E-state index in [0.29, 0.717) is 18.7 Å². The molecule has 18 nitrogen and oxygen atoms in total. The molecule has 234 valence electrons. The lowest BCUT2D eigenvalue weighted by molar-refractivity contribution is -0.0547. The van der Waals surface area contributed by atoms with Crippen molar-refractivity contribution >= 4 is 24.9 Å². The van der Waals surface area contributed by atoms with Crippen LogP contribution in [0.4, 0.5) is 5.95 Å². The fourth-order valence-electron chi connectivity index (χ4n) is 5.60. The zero-order valence-electron chi connectivity index (χ0n) is 23.2. The van der Waals surface area contributed by atoms with E-state index in [0.717, 1.165) is 12.8 Å². The van der Waals surface area contributed by atoms with E-state index in [4.69, 9.17) is 24.3 Å². The van der Waals surface area contributed by atoms with Crippen molar-refractivity contribution in [2.24, 2.45) is 0 Å². The van der Waals surface area contributed by atoms with Crippen LogP contribution in [0.1, 0.15) is 43.7 Å². The van der Waals surface area contributed by atoms with Gasteiger partial charge in [0.05, 0.1) is 25.6 Å². The Morgan fingerprint density at radius 1 is 1.09 bits per heavy atom. The summed E-state index contributed by atoms with van der Waals surface area (Å²) < 4.78 is 42.5. The van der Waals surface area contributed by atoms with Crippen molar-refractivity contribution in [3.63, 3.8) is 0 Å². The fourth-order valence-corrected chi connectivity index (χ4v) is 7.63. The van der Waals surface area contributed by atoms with Gasteiger partial charge in [-0.15, -0.1) is 0 Å². The molecule has 0 amide bonds. The van der Waals surface area contributed by atoms with E-state index in [9.17, 15) is 29.2 Å². The van der Waals surface area contributed by atoms with Gasteiger partial charge in [0.15, 0.2) is 11.2 Å². The van der Waals surface area contributed by atoms with Gasteiger partial charge in [-0.3, -0.25) is 37.7 Å². The monoisotopic (exact) mass is 624 g/mol. The second-order valence-electron chi connectivity index (χ2n) is 10.8. The molecular formula is C24H33N8O10P. The molecule has 3 aliphatic heterocycles. The molecule has 0 bridgehead atoms. The Hall–Kier alpha value is -3.22. The number of nitrogen functional groups attached to an aromatic ring is 1. The summed E-state index contributed by atoms with van der Waals surface area (Å²) in [6, 6.07) is 0. The van der Waals surface area contributed by atoms with E-state index in [-0.39, 0.29) is 36.6 Å². The fraction of sp³-hybridized carbons (Fsp3) is 0.625. The quantitative estimate of drug-likeness (QED) is 0.181. The highest BCUT2D eigenvalue weighted by atomic mass is 31.2. The Morgan fingerprint density at radius 2 is 1.81 bits per heavy atom. The topological polar surface area (TPSA) is 242 Å². The van der Waals surface area contributed by atoms with E-state index in [1.165, 1.54) is 21.7 Å². The van der Waals surface area contributed by atoms with Crippen molar-refractivity contribution < 1.29 is 33.3 Å². The molecule has 7 atom stereocenters. The number of aromatic nitrogens is 6. The van der Waals surface area contributed by atoms with Gasteiger partial charge >= 0.3 is 13.4 Å². The normalized spacial score (nSPS) is 29.5. The molecule has 3 aromatic heterocycles. The molecule has 6 N–H and O–H groups in total. The number of aliphatic hydroxyl groups is 2. The predicted molar refractivity (Wildman–Crippen MR) is 148 cm³/mol. The summed E-state index contributed by atoms with van der Waals surface area (Å²) in [7, 11) is -4.01. The minimum absolute atomic E-state index is 0.0409. The van der Waals surface area contributed by atoms with Gasteiger partial charge in [0.2, 0.25) is 5.95 Å². The average Bonchev–Trinajstić information content (AvgIpc) is 3.76. The molecule has 0 saturated carbocycles. The van der Waals surface area contributed by atoms with Gasteiger partial charge in [-0.05, 0) is 19.8 Å². The van der Waals surface area contributed by atoms with Crippen LogP contribution in [0.15, 0.2) is 26.9 Å². The van der Waals surface area contributed by atoms with Crippen LogP contribution in [0, 0.1) is 6.92 Å². The minimum Gasteiger partial charge on any atom is -0.394 e. The number of anilines is 1. The first-order valence-corrected chi connectivity index (χ1v) is 15.4. The molecule has 0 spiro atoms. The number of aliphatic hydroxyl groups excluding tert-OH is 2. The molecule has 19 heteroatoms. The maximum Gasteiger partial charge on any atom is 0.408 e. The second-order valence-corrected chi connectivity index (χ2v) is 12.8. The van der Waals surface area contributed by atoms with Crippen LogP contribution in [-0.4, -0.2) is 94.7 Å². The Labute approximate surface area is 243 Å². The van der Waals surface area contributed by atoms with E-state index in [1.807, 2.05) is 0 Å². The van der Waals surface area contributed by atoms with Gasteiger partial charge in [0.1, 0.15) is 30.8 Å². The van der Waals surface area contributed by atoms with Crippen LogP contribution in [-0.2, 0) is 23.1 Å². The number of aryl methyl sites for hydroxylation is 1. The molecule has 3 aromatic rings. The lowest BCUT2D eigenvalue weighted by atomic mass is 10.2. The number of hydrogen-bond donors (Lipinski definition) is 5. The molecule has 0 aromatic carbocycles. The lowest BCUT2D eigenvalue weighted by Crippen LogP contribution is -2.34. The van der Waals surface area contributed by atoms with Crippen LogP contribution in [0.5, 0.6) is 0 Å². The number of H-pyrrole nitrogens is 2. The number of rotatable bonds is 9. The molecule has 0 aliphatic carbocycles. The molecule has 6 heterocycles. The highest BCUT2D eigenvalue weighted by Crippen LogP contribution is 2.57. The standard InChI is InChI=1S/C24H33N8O10P/c1-12-8-31(24(37)29-21(12)35)17-6-13(34)16(41-17)10-39-43(38,30-4-2-3-5-30)42-14-7-18(40-15(14)9-33)32-11-26-19-20(32)27-23(25)28-22(19)36/h8,11,13-18,33-34H,2-7,9-10H2,1H3,(H,29,35,37)(H3,25,27,28,36). The molecule has 0 radical (unpaired) electrons. The first-order chi connectivity index (χ1) is 20.6. The number of hydrogen-bond acceptors (Lipinski definition) is 13. The van der Waals surface area contributed by atoms with Crippen molar-refractivity contribution in [3.8, 4) is 0 Å². The van der Waals surface area contributed by atoms with Crippen molar-refractivity contribution in [2.45, 2.75) is 69.5 Å². The smallest absolute Gasteiger partial charge is 0.394 e. The van der Waals surface area contributed by atoms with Gasteiger partial charge in [-0.1, -0.05) is 0 Å². The number of aromatic amines is 2. The van der Waals surface area contributed by atoms with E-state index in [1.54, 1.807) is 11.6 Å². The molecule has 3 aliphatic rings. The van der Waals surface area contributed by atoms with Crippen molar-refractivity contribution in [1.29, 1.82) is 0 Å². The van der Waals surface area contributed by atoms with Crippen molar-refractivity contribution in [1.82, 2.24) is 33.7 Å². The van der Waals surface area contributed by atoms with E-state index in [2.05, 4.69) is 19.9 Å². The average molecular weight is 625 g/mol. The summed E-state index contributed by atoms with van der Waals surface area (Å²) in [5.41, 5.74) is 4.54. The van der Waals surface area contributed by atoms with Crippen LogP contribution < -0.4 is 22.5 Å². The zero-order chi connectivity index (χ0) is 30.5. The summed E-state index contributed by atoms with van der Waals surface area (Å²) in [6.45, 7) is 1.66. The maximum absolute atomic E-state index is 14.3. The van der Waals surface area contributed by atoms with Crippen LogP contribution in [0.2, 0.25) is 0 Å². The summed E-state index contributed by atoms with van der Waals surface area (Å²) in [5.74, 6) is -0.102. The van der Waals surface area contributed by atoms with Crippen molar-refractivity contribution in [2.75, 3.05) is 32.0 Å². The Bertz CT molecular complexity index is 1710. The largest absolute Gasteiger partial charge is 0.408 e. The van der Waals surface area contributed by atoms with Crippen LogP contribution >= 0.6 is 7.75 Å². The number of nitrogens with one attached hydrogen (secondary N) is 2. The molecule has 43 heavy (non-hydrogen) atoms. The van der Waals surface area contributed by atoms with Crippen molar-refractivity contribution in [3.05, 3.63) is 49.3 Å². The Kier molecular flexibility index (Phi) is 8.12. The van der Waals surface area contributed by atoms with Gasteiger partial charge in [0.25, 0.3) is 11.1 Å². The van der Waals surface area contributed by atoms with Gasteiger partial charge in [-0.2, -0.15) is 4.98 Å².